The van der Waals surface area contributed by atoms with E-state index in [9.17, 15) is 23.2 Å². The van der Waals surface area contributed by atoms with Crippen molar-refractivity contribution in [1.82, 2.24) is 20.4 Å². The lowest BCUT2D eigenvalue weighted by Gasteiger charge is -2.41. The Hall–Kier alpha value is -1.77. The highest BCUT2D eigenvalue weighted by atomic mass is 19.3. The van der Waals surface area contributed by atoms with Gasteiger partial charge in [-0.05, 0) is 33.2 Å². The van der Waals surface area contributed by atoms with Gasteiger partial charge in [0.2, 0.25) is 23.6 Å². The van der Waals surface area contributed by atoms with Gasteiger partial charge in [-0.2, -0.15) is 0 Å². The van der Waals surface area contributed by atoms with E-state index in [1.54, 1.807) is 7.05 Å². The van der Waals surface area contributed by atoms with Crippen LogP contribution >= 0.6 is 0 Å². The number of hydrogen-bond donors (Lipinski definition) is 2. The van der Waals surface area contributed by atoms with Crippen LogP contribution in [0.5, 0.6) is 0 Å². The number of carbonyl (C=O) groups excluding carboxylic acids is 3. The molecule has 0 aromatic heterocycles. The van der Waals surface area contributed by atoms with E-state index in [1.807, 2.05) is 11.8 Å². The fourth-order valence-electron chi connectivity index (χ4n) is 4.43. The van der Waals surface area contributed by atoms with Crippen molar-refractivity contribution >= 4 is 17.7 Å². The van der Waals surface area contributed by atoms with Gasteiger partial charge in [-0.25, -0.2) is 8.78 Å². The number of halogens is 2. The van der Waals surface area contributed by atoms with Crippen molar-refractivity contribution in [1.29, 1.82) is 0 Å². The van der Waals surface area contributed by atoms with E-state index in [0.717, 1.165) is 12.8 Å². The van der Waals surface area contributed by atoms with Crippen LogP contribution < -0.4 is 10.6 Å². The van der Waals surface area contributed by atoms with Crippen LogP contribution in [0, 0.1) is 5.92 Å². The summed E-state index contributed by atoms with van der Waals surface area (Å²) in [6.45, 7) is 2.50. The summed E-state index contributed by atoms with van der Waals surface area (Å²) in [6, 6.07) is -0.729. The number of rotatable bonds is 4. The predicted molar refractivity (Wildman–Crippen MR) is 94.1 cm³/mol. The second kappa shape index (κ2) is 7.69. The molecule has 1 saturated carbocycles. The molecule has 3 amide bonds. The van der Waals surface area contributed by atoms with E-state index in [-0.39, 0.29) is 42.9 Å². The van der Waals surface area contributed by atoms with Crippen LogP contribution in [-0.4, -0.2) is 78.3 Å². The first-order valence-corrected chi connectivity index (χ1v) is 9.64. The van der Waals surface area contributed by atoms with Gasteiger partial charge >= 0.3 is 0 Å². The lowest BCUT2D eigenvalue weighted by molar-refractivity contribution is -0.162. The van der Waals surface area contributed by atoms with Crippen LogP contribution in [0.4, 0.5) is 8.78 Å². The third-order valence-electron chi connectivity index (χ3n) is 5.90. The number of amides is 3. The van der Waals surface area contributed by atoms with E-state index in [0.29, 0.717) is 13.0 Å². The second-order valence-electron chi connectivity index (χ2n) is 8.01. The molecule has 152 valence electrons. The molecule has 9 heteroatoms. The van der Waals surface area contributed by atoms with E-state index in [1.165, 1.54) is 4.90 Å². The number of fused-ring (bicyclic) bond motifs is 1. The molecule has 2 N–H and O–H groups in total. The first kappa shape index (κ1) is 20.0. The van der Waals surface area contributed by atoms with Crippen molar-refractivity contribution in [2.45, 2.75) is 63.1 Å². The van der Waals surface area contributed by atoms with Crippen LogP contribution in [0.2, 0.25) is 0 Å². The smallest absolute Gasteiger partial charge is 0.249 e. The van der Waals surface area contributed by atoms with Crippen molar-refractivity contribution in [3.05, 3.63) is 0 Å². The van der Waals surface area contributed by atoms with Gasteiger partial charge in [0.15, 0.2) is 0 Å². The number of nitrogens with one attached hydrogen (secondary N) is 2. The Balaban J connectivity index is 1.76. The molecule has 3 fully saturated rings. The summed E-state index contributed by atoms with van der Waals surface area (Å²) < 4.78 is 26.4. The van der Waals surface area contributed by atoms with Crippen LogP contribution in [0.3, 0.4) is 0 Å². The van der Waals surface area contributed by atoms with Crippen molar-refractivity contribution < 1.29 is 23.2 Å². The van der Waals surface area contributed by atoms with Gasteiger partial charge < -0.3 is 20.4 Å². The summed E-state index contributed by atoms with van der Waals surface area (Å²) in [4.78, 5) is 41.2. The monoisotopic (exact) mass is 386 g/mol. The maximum Gasteiger partial charge on any atom is 0.249 e. The third kappa shape index (κ3) is 4.23. The molecule has 7 nitrogen and oxygen atoms in total. The number of alkyl halides is 2. The maximum atomic E-state index is 13.2. The van der Waals surface area contributed by atoms with E-state index < -0.39 is 30.7 Å². The van der Waals surface area contributed by atoms with Crippen molar-refractivity contribution in [2.24, 2.45) is 5.92 Å². The fourth-order valence-corrected chi connectivity index (χ4v) is 4.43. The van der Waals surface area contributed by atoms with E-state index in [4.69, 9.17) is 0 Å². The van der Waals surface area contributed by atoms with Gasteiger partial charge in [0.1, 0.15) is 6.04 Å². The number of nitrogens with zero attached hydrogens (tertiary/aromatic N) is 2. The first-order valence-electron chi connectivity index (χ1n) is 9.64. The number of hydrogen-bond acceptors (Lipinski definition) is 4. The normalized spacial score (nSPS) is 31.0. The van der Waals surface area contributed by atoms with E-state index >= 15 is 0 Å². The van der Waals surface area contributed by atoms with Crippen molar-refractivity contribution in [3.63, 3.8) is 0 Å². The second-order valence-corrected chi connectivity index (χ2v) is 8.01. The van der Waals surface area contributed by atoms with Gasteiger partial charge in [-0.3, -0.25) is 14.4 Å². The van der Waals surface area contributed by atoms with Crippen LogP contribution in [0.15, 0.2) is 0 Å². The molecule has 0 bridgehead atoms. The molecule has 1 aliphatic carbocycles. The third-order valence-corrected chi connectivity index (χ3v) is 5.90. The highest BCUT2D eigenvalue weighted by molar-refractivity contribution is 5.90. The van der Waals surface area contributed by atoms with Gasteiger partial charge in [-0.15, -0.1) is 0 Å². The molecule has 0 aromatic rings. The Bertz CT molecular complexity index is 607. The lowest BCUT2D eigenvalue weighted by Crippen LogP contribution is -2.61. The molecule has 0 aromatic carbocycles. The fraction of sp³-hybridized carbons (Fsp3) is 0.833. The predicted octanol–water partition coefficient (Wildman–Crippen LogP) is 0.348. The summed E-state index contributed by atoms with van der Waals surface area (Å²) in [7, 11) is 1.63. The van der Waals surface area contributed by atoms with E-state index in [2.05, 4.69) is 10.6 Å². The minimum atomic E-state index is -2.77. The number of carbonyl (C=O) groups is 3. The molecule has 0 radical (unpaired) electrons. The Labute approximate surface area is 157 Å². The zero-order valence-electron chi connectivity index (χ0n) is 15.8. The zero-order chi connectivity index (χ0) is 19.8. The zero-order valence-corrected chi connectivity index (χ0v) is 15.8. The largest absolute Gasteiger partial charge is 0.342 e. The molecule has 0 spiro atoms. The van der Waals surface area contributed by atoms with Crippen LogP contribution in [-0.2, 0) is 14.4 Å². The Morgan fingerprint density at radius 2 is 1.93 bits per heavy atom. The van der Waals surface area contributed by atoms with Gasteiger partial charge in [-0.1, -0.05) is 0 Å². The Kier molecular flexibility index (Phi) is 5.69. The average molecular weight is 386 g/mol. The first-order chi connectivity index (χ1) is 12.7. The molecule has 3 rings (SSSR count). The molecule has 3 unspecified atom stereocenters. The molecule has 2 heterocycles. The minimum absolute atomic E-state index is 0.0228. The number of likely N-dealkylation sites (N-methyl/N-ethyl adjacent to an activating group) is 1. The molecule has 2 aliphatic heterocycles. The maximum absolute atomic E-state index is 13.2. The standard InChI is InChI=1S/C18H28F2N4O3/c1-11-3-4-13-5-6-23(16(26)12-7-18(19,20)8-12)10-14(17(27)24(11)13)22-15(25)9-21-2/h11-14,21H,3-10H2,1-2H3,(H,22,25). The summed E-state index contributed by atoms with van der Waals surface area (Å²) in [6.07, 6.45) is 1.52. The van der Waals surface area contributed by atoms with Crippen molar-refractivity contribution in [3.8, 4) is 0 Å². The Morgan fingerprint density at radius 3 is 2.56 bits per heavy atom. The molecule has 3 atom stereocenters. The topological polar surface area (TPSA) is 81.8 Å². The van der Waals surface area contributed by atoms with Gasteiger partial charge in [0.05, 0.1) is 6.54 Å². The average Bonchev–Trinajstić information content (AvgIpc) is 2.93. The molecular formula is C18H28F2N4O3. The van der Waals surface area contributed by atoms with Gasteiger partial charge in [0.25, 0.3) is 0 Å². The molecule has 27 heavy (non-hydrogen) atoms. The summed E-state index contributed by atoms with van der Waals surface area (Å²) in [5.74, 6) is -4.31. The summed E-state index contributed by atoms with van der Waals surface area (Å²) in [5, 5.41) is 5.45. The van der Waals surface area contributed by atoms with Crippen LogP contribution in [0.25, 0.3) is 0 Å². The molecule has 2 saturated heterocycles. The highest BCUT2D eigenvalue weighted by Crippen LogP contribution is 2.43. The highest BCUT2D eigenvalue weighted by Gasteiger charge is 2.50. The molecule has 3 aliphatic rings. The minimum Gasteiger partial charge on any atom is -0.342 e. The van der Waals surface area contributed by atoms with Crippen molar-refractivity contribution in [2.75, 3.05) is 26.7 Å². The SMILES string of the molecule is CNCC(=O)NC1CN(C(=O)C2CC(F)(F)C2)CCC2CCC(C)N2C1=O. The Morgan fingerprint density at radius 1 is 1.22 bits per heavy atom. The lowest BCUT2D eigenvalue weighted by atomic mass is 9.80. The molecular weight excluding hydrogens is 358 g/mol. The summed E-state index contributed by atoms with van der Waals surface area (Å²) in [5.41, 5.74) is 0. The van der Waals surface area contributed by atoms with Crippen LogP contribution in [0.1, 0.15) is 39.0 Å². The quantitative estimate of drug-likeness (QED) is 0.731. The summed E-state index contributed by atoms with van der Waals surface area (Å²) >= 11 is 0. The van der Waals surface area contributed by atoms with Gasteiger partial charge in [0, 0.05) is 43.9 Å².